The summed E-state index contributed by atoms with van der Waals surface area (Å²) in [5.41, 5.74) is 5.50. The Hall–Kier alpha value is -0.330. The molecule has 0 bridgehead atoms. The van der Waals surface area contributed by atoms with Gasteiger partial charge in [-0.25, -0.2) is 8.42 Å². The third kappa shape index (κ3) is 3.12. The number of hydrogen-bond acceptors (Lipinski definition) is 4. The molecule has 1 saturated heterocycles. The molecule has 1 saturated carbocycles. The fraction of sp³-hybridized carbons (Fsp3) is 0.923. The Morgan fingerprint density at radius 2 is 1.75 bits per heavy atom. The van der Waals surface area contributed by atoms with Gasteiger partial charge < -0.3 is 10.6 Å². The van der Waals surface area contributed by atoms with E-state index in [4.69, 9.17) is 5.73 Å². The zero-order valence-electron chi connectivity index (χ0n) is 12.2. The lowest BCUT2D eigenvalue weighted by molar-refractivity contribution is -0.140. The van der Waals surface area contributed by atoms with Crippen LogP contribution in [0.4, 0.5) is 0 Å². The minimum Gasteiger partial charge on any atom is -0.336 e. The van der Waals surface area contributed by atoms with Crippen LogP contribution in [-0.2, 0) is 14.6 Å². The van der Waals surface area contributed by atoms with Crippen molar-refractivity contribution in [3.63, 3.8) is 0 Å². The number of carbonyl (C=O) groups is 1. The Kier molecular flexibility index (Phi) is 5.49. The van der Waals surface area contributed by atoms with Crippen LogP contribution in [0.1, 0.15) is 46.0 Å². The minimum absolute atomic E-state index is 0. The number of carbonyl (C=O) groups excluding carboxylic acids is 1. The molecule has 0 aromatic carbocycles. The molecule has 2 aliphatic rings. The Balaban J connectivity index is 0.00000200. The van der Waals surface area contributed by atoms with Crippen LogP contribution in [0.25, 0.3) is 0 Å². The number of nitrogens with zero attached hydrogens (tertiary/aromatic N) is 1. The zero-order valence-corrected chi connectivity index (χ0v) is 13.8. The van der Waals surface area contributed by atoms with Gasteiger partial charge in [-0.1, -0.05) is 19.3 Å². The second-order valence-electron chi connectivity index (χ2n) is 6.03. The van der Waals surface area contributed by atoms with Gasteiger partial charge in [0.15, 0.2) is 9.84 Å². The summed E-state index contributed by atoms with van der Waals surface area (Å²) in [7, 11) is -3.06. The molecular formula is C13H25ClN2O3S. The summed E-state index contributed by atoms with van der Waals surface area (Å²) in [4.78, 5) is 14.3. The molecule has 118 valence electrons. The average Bonchev–Trinajstić information content (AvgIpc) is 2.37. The van der Waals surface area contributed by atoms with Gasteiger partial charge in [0.1, 0.15) is 0 Å². The van der Waals surface area contributed by atoms with Gasteiger partial charge in [-0.2, -0.15) is 0 Å². The Morgan fingerprint density at radius 3 is 2.30 bits per heavy atom. The summed E-state index contributed by atoms with van der Waals surface area (Å²) < 4.78 is 23.7. The zero-order chi connectivity index (χ0) is 14.3. The van der Waals surface area contributed by atoms with Crippen molar-refractivity contribution in [3.05, 3.63) is 0 Å². The molecule has 0 spiro atoms. The van der Waals surface area contributed by atoms with Gasteiger partial charge in [-0.15, -0.1) is 12.4 Å². The number of amides is 1. The second-order valence-corrected chi connectivity index (χ2v) is 8.51. The molecule has 2 fully saturated rings. The fourth-order valence-corrected chi connectivity index (χ4v) is 4.71. The predicted octanol–water partition coefficient (Wildman–Crippen LogP) is 1.10. The van der Waals surface area contributed by atoms with Gasteiger partial charge in [-0.05, 0) is 26.7 Å². The monoisotopic (exact) mass is 324 g/mol. The SMILES string of the molecule is CC1C(C)S(=O)(=O)CCN1C(=O)C1(N)CCCCC1.Cl. The van der Waals surface area contributed by atoms with Crippen LogP contribution in [-0.4, -0.2) is 48.4 Å². The van der Waals surface area contributed by atoms with Gasteiger partial charge >= 0.3 is 0 Å². The number of sulfone groups is 1. The van der Waals surface area contributed by atoms with E-state index in [1.54, 1.807) is 11.8 Å². The molecular weight excluding hydrogens is 300 g/mol. The van der Waals surface area contributed by atoms with E-state index >= 15 is 0 Å². The van der Waals surface area contributed by atoms with Crippen LogP contribution < -0.4 is 5.73 Å². The van der Waals surface area contributed by atoms with Crippen LogP contribution in [0.2, 0.25) is 0 Å². The molecule has 2 atom stereocenters. The summed E-state index contributed by atoms with van der Waals surface area (Å²) >= 11 is 0. The number of hydrogen-bond donors (Lipinski definition) is 1. The molecule has 2 unspecified atom stereocenters. The minimum atomic E-state index is -3.06. The summed E-state index contributed by atoms with van der Waals surface area (Å²) in [5.74, 6) is 0.00167. The van der Waals surface area contributed by atoms with Crippen molar-refractivity contribution in [1.82, 2.24) is 4.90 Å². The van der Waals surface area contributed by atoms with Gasteiger partial charge in [0, 0.05) is 12.6 Å². The third-order valence-corrected chi connectivity index (χ3v) is 7.07. The van der Waals surface area contributed by atoms with Crippen molar-refractivity contribution >= 4 is 28.2 Å². The standard InChI is InChI=1S/C13H24N2O3S.ClH/c1-10-11(2)19(17,18)9-8-15(10)12(16)13(14)6-4-3-5-7-13;/h10-11H,3-9,14H2,1-2H3;1H. The molecule has 5 nitrogen and oxygen atoms in total. The van der Waals surface area contributed by atoms with Crippen LogP contribution >= 0.6 is 12.4 Å². The maximum atomic E-state index is 12.6. The first-order valence-corrected chi connectivity index (χ1v) is 8.81. The maximum Gasteiger partial charge on any atom is 0.242 e. The van der Waals surface area contributed by atoms with E-state index in [2.05, 4.69) is 0 Å². The van der Waals surface area contributed by atoms with Gasteiger partial charge in [0.2, 0.25) is 5.91 Å². The summed E-state index contributed by atoms with van der Waals surface area (Å²) in [6, 6.07) is -0.284. The van der Waals surface area contributed by atoms with E-state index in [0.717, 1.165) is 32.1 Å². The highest BCUT2D eigenvalue weighted by Crippen LogP contribution is 2.30. The molecule has 0 aromatic rings. The Labute approximate surface area is 127 Å². The fourth-order valence-electron chi connectivity index (χ4n) is 3.14. The van der Waals surface area contributed by atoms with Crippen LogP contribution in [0.5, 0.6) is 0 Å². The van der Waals surface area contributed by atoms with Crippen molar-refractivity contribution < 1.29 is 13.2 Å². The molecule has 2 N–H and O–H groups in total. The van der Waals surface area contributed by atoms with E-state index in [-0.39, 0.29) is 36.7 Å². The van der Waals surface area contributed by atoms with Crippen LogP contribution in [0.15, 0.2) is 0 Å². The van der Waals surface area contributed by atoms with Crippen LogP contribution in [0.3, 0.4) is 0 Å². The third-order valence-electron chi connectivity index (χ3n) is 4.79. The molecule has 1 aliphatic carbocycles. The smallest absolute Gasteiger partial charge is 0.242 e. The van der Waals surface area contributed by atoms with Gasteiger partial charge in [0.05, 0.1) is 16.5 Å². The first-order chi connectivity index (χ1) is 8.78. The molecule has 1 amide bonds. The van der Waals surface area contributed by atoms with Crippen molar-refractivity contribution in [3.8, 4) is 0 Å². The van der Waals surface area contributed by atoms with E-state index in [1.165, 1.54) is 0 Å². The summed E-state index contributed by atoms with van der Waals surface area (Å²) in [6.45, 7) is 3.78. The van der Waals surface area contributed by atoms with E-state index in [0.29, 0.717) is 0 Å². The highest BCUT2D eigenvalue weighted by molar-refractivity contribution is 7.92. The summed E-state index contributed by atoms with van der Waals surface area (Å²) in [5, 5.41) is -0.502. The molecule has 2 rings (SSSR count). The molecule has 1 aliphatic heterocycles. The molecule has 7 heteroatoms. The van der Waals surface area contributed by atoms with Gasteiger partial charge in [0.25, 0.3) is 0 Å². The molecule has 1 heterocycles. The largest absolute Gasteiger partial charge is 0.336 e. The summed E-state index contributed by atoms with van der Waals surface area (Å²) in [6.07, 6.45) is 4.54. The van der Waals surface area contributed by atoms with E-state index < -0.39 is 20.6 Å². The van der Waals surface area contributed by atoms with Crippen molar-refractivity contribution in [2.45, 2.75) is 62.8 Å². The molecule has 0 radical (unpaired) electrons. The lowest BCUT2D eigenvalue weighted by Gasteiger charge is -2.43. The topological polar surface area (TPSA) is 80.5 Å². The van der Waals surface area contributed by atoms with Crippen molar-refractivity contribution in [1.29, 1.82) is 0 Å². The van der Waals surface area contributed by atoms with Crippen molar-refractivity contribution in [2.24, 2.45) is 5.73 Å². The normalized spacial score (nSPS) is 32.2. The van der Waals surface area contributed by atoms with E-state index in [9.17, 15) is 13.2 Å². The lowest BCUT2D eigenvalue weighted by Crippen LogP contribution is -2.63. The number of halogens is 1. The average molecular weight is 325 g/mol. The van der Waals surface area contributed by atoms with E-state index in [1.807, 2.05) is 6.92 Å². The Bertz CT molecular complexity index is 460. The second kappa shape index (κ2) is 6.20. The Morgan fingerprint density at radius 1 is 1.20 bits per heavy atom. The maximum absolute atomic E-state index is 12.6. The quantitative estimate of drug-likeness (QED) is 0.783. The molecule has 0 aromatic heterocycles. The van der Waals surface area contributed by atoms with Crippen LogP contribution in [0, 0.1) is 0 Å². The number of rotatable bonds is 1. The van der Waals surface area contributed by atoms with Gasteiger partial charge in [-0.3, -0.25) is 4.79 Å². The number of nitrogens with two attached hydrogens (primary N) is 1. The lowest BCUT2D eigenvalue weighted by atomic mass is 9.81. The first kappa shape index (κ1) is 17.7. The first-order valence-electron chi connectivity index (χ1n) is 7.09. The highest BCUT2D eigenvalue weighted by atomic mass is 35.5. The predicted molar refractivity (Wildman–Crippen MR) is 81.7 cm³/mol. The van der Waals surface area contributed by atoms with Crippen molar-refractivity contribution in [2.75, 3.05) is 12.3 Å². The highest BCUT2D eigenvalue weighted by Gasteiger charge is 2.44. The molecule has 20 heavy (non-hydrogen) atoms.